The Kier molecular flexibility index (Phi) is 6.87. The van der Waals surface area contributed by atoms with Gasteiger partial charge in [-0.25, -0.2) is 9.69 Å². The fourth-order valence-electron chi connectivity index (χ4n) is 3.30. The third-order valence-electron chi connectivity index (χ3n) is 4.83. The number of rotatable bonds is 7. The molecule has 0 spiro atoms. The van der Waals surface area contributed by atoms with E-state index < -0.39 is 11.9 Å². The number of urea groups is 1. The minimum absolute atomic E-state index is 0.150. The highest BCUT2D eigenvalue weighted by Gasteiger charge is 2.35. The molecule has 33 heavy (non-hydrogen) atoms. The second-order valence-corrected chi connectivity index (χ2v) is 8.04. The molecule has 1 aliphatic heterocycles. The van der Waals surface area contributed by atoms with Crippen LogP contribution in [0.5, 0.6) is 11.5 Å². The van der Waals surface area contributed by atoms with Gasteiger partial charge in [-0.05, 0) is 66.6 Å². The summed E-state index contributed by atoms with van der Waals surface area (Å²) in [6.07, 6.45) is 1.59. The van der Waals surface area contributed by atoms with Crippen molar-refractivity contribution < 1.29 is 19.1 Å². The van der Waals surface area contributed by atoms with Gasteiger partial charge in [0.25, 0.3) is 5.91 Å². The molecule has 0 unspecified atom stereocenters. The van der Waals surface area contributed by atoms with Crippen molar-refractivity contribution in [3.8, 4) is 11.5 Å². The molecule has 1 fully saturated rings. The van der Waals surface area contributed by atoms with E-state index in [0.717, 1.165) is 10.5 Å². The van der Waals surface area contributed by atoms with Gasteiger partial charge in [-0.2, -0.15) is 0 Å². The number of halogens is 2. The summed E-state index contributed by atoms with van der Waals surface area (Å²) in [5.41, 5.74) is 2.19. The molecule has 0 aliphatic carbocycles. The van der Waals surface area contributed by atoms with Crippen LogP contribution in [0.3, 0.4) is 0 Å². The van der Waals surface area contributed by atoms with Crippen LogP contribution in [0.4, 0.5) is 10.5 Å². The predicted molar refractivity (Wildman–Crippen MR) is 129 cm³/mol. The molecular formula is C25H20Cl2N2O4. The number of nitrogens with one attached hydrogen (secondary N) is 1. The van der Waals surface area contributed by atoms with Crippen molar-refractivity contribution in [1.29, 1.82) is 0 Å². The Morgan fingerprint density at radius 1 is 0.909 bits per heavy atom. The first-order valence-electron chi connectivity index (χ1n) is 10.2. The van der Waals surface area contributed by atoms with Crippen molar-refractivity contribution in [2.45, 2.75) is 13.5 Å². The summed E-state index contributed by atoms with van der Waals surface area (Å²) in [7, 11) is 0. The zero-order valence-corrected chi connectivity index (χ0v) is 19.2. The first-order valence-corrected chi connectivity index (χ1v) is 11.0. The lowest BCUT2D eigenvalue weighted by molar-refractivity contribution is -0.113. The van der Waals surface area contributed by atoms with Gasteiger partial charge in [0.1, 0.15) is 12.3 Å². The average molecular weight is 483 g/mol. The molecule has 0 atom stereocenters. The largest absolute Gasteiger partial charge is 0.490 e. The molecule has 8 heteroatoms. The Morgan fingerprint density at radius 3 is 2.42 bits per heavy atom. The maximum absolute atomic E-state index is 12.9. The van der Waals surface area contributed by atoms with Crippen molar-refractivity contribution in [2.75, 3.05) is 11.5 Å². The molecule has 1 aliphatic rings. The van der Waals surface area contributed by atoms with Gasteiger partial charge in [0.05, 0.1) is 12.3 Å². The van der Waals surface area contributed by atoms with Crippen LogP contribution in [0.15, 0.2) is 72.4 Å². The minimum atomic E-state index is -0.540. The molecule has 3 aromatic rings. The van der Waals surface area contributed by atoms with Crippen molar-refractivity contribution in [2.24, 2.45) is 0 Å². The van der Waals surface area contributed by atoms with Crippen molar-refractivity contribution in [3.05, 3.63) is 93.6 Å². The topological polar surface area (TPSA) is 67.9 Å². The van der Waals surface area contributed by atoms with Crippen LogP contribution in [0.2, 0.25) is 10.0 Å². The number of nitrogens with zero attached hydrogens (tertiary/aromatic N) is 1. The second kappa shape index (κ2) is 9.98. The Morgan fingerprint density at radius 2 is 1.70 bits per heavy atom. The van der Waals surface area contributed by atoms with E-state index in [1.807, 2.05) is 19.1 Å². The number of benzene rings is 3. The summed E-state index contributed by atoms with van der Waals surface area (Å²) in [5.74, 6) is 0.629. The SMILES string of the molecule is CCOc1cc(/C=C2/NC(=O)N(c3cccc(Cl)c3)C2=O)ccc1OCc1ccc(Cl)cc1. The molecule has 3 aromatic carbocycles. The molecule has 0 radical (unpaired) electrons. The van der Waals surface area contributed by atoms with Gasteiger partial charge >= 0.3 is 6.03 Å². The normalized spacial score (nSPS) is 14.5. The molecular weight excluding hydrogens is 463 g/mol. The van der Waals surface area contributed by atoms with Crippen LogP contribution in [0.25, 0.3) is 6.08 Å². The van der Waals surface area contributed by atoms with E-state index in [1.165, 1.54) is 0 Å². The number of hydrogen-bond acceptors (Lipinski definition) is 4. The van der Waals surface area contributed by atoms with Crippen LogP contribution in [-0.2, 0) is 11.4 Å². The Bertz CT molecular complexity index is 1230. The van der Waals surface area contributed by atoms with E-state index in [1.54, 1.807) is 60.7 Å². The molecule has 0 aromatic heterocycles. The summed E-state index contributed by atoms with van der Waals surface area (Å²) in [6, 6.07) is 18.7. The maximum Gasteiger partial charge on any atom is 0.333 e. The molecule has 4 rings (SSSR count). The quantitative estimate of drug-likeness (QED) is 0.327. The smallest absolute Gasteiger partial charge is 0.333 e. The predicted octanol–water partition coefficient (Wildman–Crippen LogP) is 6.07. The highest BCUT2D eigenvalue weighted by Crippen LogP contribution is 2.31. The average Bonchev–Trinajstić information content (AvgIpc) is 3.07. The summed E-state index contributed by atoms with van der Waals surface area (Å²) in [6.45, 7) is 2.66. The number of imide groups is 1. The first-order chi connectivity index (χ1) is 15.9. The lowest BCUT2D eigenvalue weighted by Crippen LogP contribution is -2.30. The van der Waals surface area contributed by atoms with Gasteiger partial charge in [0, 0.05) is 10.0 Å². The van der Waals surface area contributed by atoms with Crippen LogP contribution in [0.1, 0.15) is 18.1 Å². The Balaban J connectivity index is 1.55. The zero-order valence-electron chi connectivity index (χ0n) is 17.7. The third kappa shape index (κ3) is 5.30. The molecule has 0 bridgehead atoms. The first kappa shape index (κ1) is 22.7. The molecule has 1 saturated heterocycles. The van der Waals surface area contributed by atoms with Gasteiger partial charge in [-0.15, -0.1) is 0 Å². The van der Waals surface area contributed by atoms with E-state index in [4.69, 9.17) is 32.7 Å². The molecule has 1 N–H and O–H groups in total. The summed E-state index contributed by atoms with van der Waals surface area (Å²) < 4.78 is 11.6. The lowest BCUT2D eigenvalue weighted by Gasteiger charge is -2.13. The Hall–Kier alpha value is -3.48. The monoisotopic (exact) mass is 482 g/mol. The van der Waals surface area contributed by atoms with Crippen LogP contribution in [-0.4, -0.2) is 18.5 Å². The maximum atomic E-state index is 12.9. The van der Waals surface area contributed by atoms with E-state index in [9.17, 15) is 9.59 Å². The number of anilines is 1. The molecule has 168 valence electrons. The van der Waals surface area contributed by atoms with Gasteiger partial charge in [0.15, 0.2) is 11.5 Å². The molecule has 3 amide bonds. The number of hydrogen-bond donors (Lipinski definition) is 1. The summed E-state index contributed by atoms with van der Waals surface area (Å²) >= 11 is 11.9. The lowest BCUT2D eigenvalue weighted by atomic mass is 10.1. The number of ether oxygens (including phenoxy) is 2. The summed E-state index contributed by atoms with van der Waals surface area (Å²) in [4.78, 5) is 26.3. The van der Waals surface area contributed by atoms with Crippen molar-refractivity contribution in [1.82, 2.24) is 5.32 Å². The highest BCUT2D eigenvalue weighted by molar-refractivity contribution is 6.32. The fraction of sp³-hybridized carbons (Fsp3) is 0.120. The molecule has 1 heterocycles. The van der Waals surface area contributed by atoms with Gasteiger partial charge in [-0.1, -0.05) is 47.5 Å². The summed E-state index contributed by atoms with van der Waals surface area (Å²) in [5, 5.41) is 3.70. The highest BCUT2D eigenvalue weighted by atomic mass is 35.5. The standard InChI is InChI=1S/C25H20Cl2N2O4/c1-2-32-23-13-17(8-11-22(23)33-15-16-6-9-18(26)10-7-16)12-21-24(30)29(25(31)28-21)20-5-3-4-19(27)14-20/h3-14H,2,15H2,1H3,(H,28,31)/b21-12+. The second-order valence-electron chi connectivity index (χ2n) is 7.16. The number of amides is 3. The molecule has 0 saturated carbocycles. The van der Waals surface area contributed by atoms with E-state index in [-0.39, 0.29) is 5.70 Å². The van der Waals surface area contributed by atoms with Crippen LogP contribution < -0.4 is 19.7 Å². The van der Waals surface area contributed by atoms with E-state index in [0.29, 0.717) is 46.0 Å². The van der Waals surface area contributed by atoms with Gasteiger partial charge in [-0.3, -0.25) is 4.79 Å². The fourth-order valence-corrected chi connectivity index (χ4v) is 3.61. The number of carbonyl (C=O) groups is 2. The van der Waals surface area contributed by atoms with E-state index in [2.05, 4.69) is 5.32 Å². The Labute approximate surface area is 201 Å². The third-order valence-corrected chi connectivity index (χ3v) is 5.32. The van der Waals surface area contributed by atoms with Crippen LogP contribution >= 0.6 is 23.2 Å². The minimum Gasteiger partial charge on any atom is -0.490 e. The van der Waals surface area contributed by atoms with Crippen LogP contribution in [0, 0.1) is 0 Å². The van der Waals surface area contributed by atoms with Gasteiger partial charge in [0.2, 0.25) is 0 Å². The van der Waals surface area contributed by atoms with Gasteiger partial charge < -0.3 is 14.8 Å². The van der Waals surface area contributed by atoms with E-state index >= 15 is 0 Å². The van der Waals surface area contributed by atoms with Crippen molar-refractivity contribution in [3.63, 3.8) is 0 Å². The molecule has 6 nitrogen and oxygen atoms in total. The van der Waals surface area contributed by atoms with Crippen molar-refractivity contribution >= 4 is 46.9 Å². The zero-order chi connectivity index (χ0) is 23.4. The number of carbonyl (C=O) groups excluding carboxylic acids is 2.